The van der Waals surface area contributed by atoms with Gasteiger partial charge in [-0.15, -0.1) is 11.3 Å². The standard InChI is InChI=1S/C14H16FNOS/c1-14(2,3)11-8-18-13(16-11)12-9(15)6-5-7-10(12)17-4/h5-8H,1-4H3. The van der Waals surface area contributed by atoms with Crippen LogP contribution in [0.15, 0.2) is 23.6 Å². The van der Waals surface area contributed by atoms with Crippen LogP contribution in [0.25, 0.3) is 10.6 Å². The molecule has 2 aromatic rings. The van der Waals surface area contributed by atoms with Gasteiger partial charge in [0.1, 0.15) is 16.6 Å². The molecular weight excluding hydrogens is 249 g/mol. The van der Waals surface area contributed by atoms with Crippen molar-refractivity contribution in [1.29, 1.82) is 0 Å². The Morgan fingerprint density at radius 3 is 2.56 bits per heavy atom. The van der Waals surface area contributed by atoms with Crippen molar-refractivity contribution in [2.75, 3.05) is 7.11 Å². The quantitative estimate of drug-likeness (QED) is 0.809. The van der Waals surface area contributed by atoms with E-state index in [1.165, 1.54) is 24.5 Å². The van der Waals surface area contributed by atoms with Crippen molar-refractivity contribution in [1.82, 2.24) is 4.98 Å². The Labute approximate surface area is 110 Å². The predicted molar refractivity (Wildman–Crippen MR) is 72.8 cm³/mol. The summed E-state index contributed by atoms with van der Waals surface area (Å²) in [6.45, 7) is 6.26. The molecule has 0 amide bonds. The third-order valence-corrected chi connectivity index (χ3v) is 3.54. The average Bonchev–Trinajstić information content (AvgIpc) is 2.77. The Morgan fingerprint density at radius 1 is 1.28 bits per heavy atom. The number of rotatable bonds is 2. The molecule has 0 radical (unpaired) electrons. The zero-order valence-electron chi connectivity index (χ0n) is 11.0. The summed E-state index contributed by atoms with van der Waals surface area (Å²) in [5.41, 5.74) is 1.38. The molecule has 0 bridgehead atoms. The van der Waals surface area contributed by atoms with Gasteiger partial charge < -0.3 is 4.74 Å². The lowest BCUT2D eigenvalue weighted by Gasteiger charge is -2.14. The van der Waals surface area contributed by atoms with Crippen molar-refractivity contribution >= 4 is 11.3 Å². The highest BCUT2D eigenvalue weighted by Gasteiger charge is 2.20. The van der Waals surface area contributed by atoms with E-state index in [9.17, 15) is 4.39 Å². The molecule has 0 unspecified atom stereocenters. The molecule has 1 aromatic carbocycles. The minimum absolute atomic E-state index is 0.0345. The van der Waals surface area contributed by atoms with E-state index in [2.05, 4.69) is 25.8 Å². The van der Waals surface area contributed by atoms with Crippen molar-refractivity contribution in [3.63, 3.8) is 0 Å². The fourth-order valence-corrected chi connectivity index (χ4v) is 2.71. The number of hydrogen-bond donors (Lipinski definition) is 0. The molecule has 4 heteroatoms. The first-order chi connectivity index (χ1) is 8.43. The van der Waals surface area contributed by atoms with E-state index in [0.717, 1.165) is 5.69 Å². The van der Waals surface area contributed by atoms with Crippen LogP contribution in [0.5, 0.6) is 5.75 Å². The molecule has 0 fully saturated rings. The highest BCUT2D eigenvalue weighted by Crippen LogP contribution is 2.36. The largest absolute Gasteiger partial charge is 0.496 e. The number of halogens is 1. The summed E-state index contributed by atoms with van der Waals surface area (Å²) in [6, 6.07) is 4.81. The van der Waals surface area contributed by atoms with Gasteiger partial charge in [-0.1, -0.05) is 26.8 Å². The molecule has 2 nitrogen and oxygen atoms in total. The van der Waals surface area contributed by atoms with Gasteiger partial charge >= 0.3 is 0 Å². The van der Waals surface area contributed by atoms with Crippen LogP contribution in [0.4, 0.5) is 4.39 Å². The van der Waals surface area contributed by atoms with E-state index in [1.807, 2.05) is 5.38 Å². The second-order valence-electron chi connectivity index (χ2n) is 5.10. The molecule has 2 rings (SSSR count). The van der Waals surface area contributed by atoms with Crippen molar-refractivity contribution in [3.05, 3.63) is 35.1 Å². The van der Waals surface area contributed by atoms with E-state index < -0.39 is 0 Å². The monoisotopic (exact) mass is 265 g/mol. The summed E-state index contributed by atoms with van der Waals surface area (Å²) in [6.07, 6.45) is 0. The van der Waals surface area contributed by atoms with Gasteiger partial charge in [0.25, 0.3) is 0 Å². The van der Waals surface area contributed by atoms with Crippen LogP contribution in [0.1, 0.15) is 26.5 Å². The third-order valence-electron chi connectivity index (χ3n) is 2.68. The van der Waals surface area contributed by atoms with Crippen molar-refractivity contribution < 1.29 is 9.13 Å². The maximum absolute atomic E-state index is 13.9. The molecule has 0 aliphatic heterocycles. The fourth-order valence-electron chi connectivity index (χ4n) is 1.62. The normalized spacial score (nSPS) is 11.6. The highest BCUT2D eigenvalue weighted by molar-refractivity contribution is 7.13. The summed E-state index contributed by atoms with van der Waals surface area (Å²) in [5, 5.41) is 2.64. The summed E-state index contributed by atoms with van der Waals surface area (Å²) in [5.74, 6) is 0.217. The van der Waals surface area contributed by atoms with Crippen LogP contribution in [0, 0.1) is 5.82 Å². The zero-order valence-corrected chi connectivity index (χ0v) is 11.8. The van der Waals surface area contributed by atoms with Crippen LogP contribution >= 0.6 is 11.3 Å². The molecule has 1 heterocycles. The first-order valence-corrected chi connectivity index (χ1v) is 6.60. The van der Waals surface area contributed by atoms with Crippen molar-refractivity contribution in [3.8, 4) is 16.3 Å². The number of nitrogens with zero attached hydrogens (tertiary/aromatic N) is 1. The van der Waals surface area contributed by atoms with Gasteiger partial charge in [-0.25, -0.2) is 9.37 Å². The zero-order chi connectivity index (χ0) is 13.3. The smallest absolute Gasteiger partial charge is 0.137 e. The van der Waals surface area contributed by atoms with Crippen molar-refractivity contribution in [2.45, 2.75) is 26.2 Å². The Morgan fingerprint density at radius 2 is 2.00 bits per heavy atom. The van der Waals surface area contributed by atoms with E-state index in [1.54, 1.807) is 12.1 Å². The van der Waals surface area contributed by atoms with Gasteiger partial charge in [0, 0.05) is 10.8 Å². The lowest BCUT2D eigenvalue weighted by atomic mass is 9.93. The third kappa shape index (κ3) is 2.38. The second-order valence-corrected chi connectivity index (χ2v) is 5.96. The molecule has 0 N–H and O–H groups in total. The van der Waals surface area contributed by atoms with Gasteiger partial charge in [0.2, 0.25) is 0 Å². The number of benzene rings is 1. The van der Waals surface area contributed by atoms with Crippen LogP contribution < -0.4 is 4.74 Å². The Hall–Kier alpha value is -1.42. The Balaban J connectivity index is 2.53. The molecule has 0 spiro atoms. The van der Waals surface area contributed by atoms with Gasteiger partial charge in [-0.2, -0.15) is 0 Å². The van der Waals surface area contributed by atoms with Gasteiger partial charge in [0.15, 0.2) is 0 Å². The van der Waals surface area contributed by atoms with Crippen LogP contribution in [0.3, 0.4) is 0 Å². The minimum Gasteiger partial charge on any atom is -0.496 e. The Kier molecular flexibility index (Phi) is 3.39. The summed E-state index contributed by atoms with van der Waals surface area (Å²) in [4.78, 5) is 4.52. The van der Waals surface area contributed by atoms with Crippen LogP contribution in [-0.2, 0) is 5.41 Å². The summed E-state index contributed by atoms with van der Waals surface area (Å²) in [7, 11) is 1.54. The van der Waals surface area contributed by atoms with Crippen LogP contribution in [-0.4, -0.2) is 12.1 Å². The Bertz CT molecular complexity index is 557. The number of ether oxygens (including phenoxy) is 1. The number of hydrogen-bond acceptors (Lipinski definition) is 3. The molecule has 0 atom stereocenters. The fraction of sp³-hybridized carbons (Fsp3) is 0.357. The minimum atomic E-state index is -0.302. The van der Waals surface area contributed by atoms with Crippen molar-refractivity contribution in [2.24, 2.45) is 0 Å². The predicted octanol–water partition coefficient (Wildman–Crippen LogP) is 4.26. The van der Waals surface area contributed by atoms with E-state index in [4.69, 9.17) is 4.74 Å². The second kappa shape index (κ2) is 4.69. The lowest BCUT2D eigenvalue weighted by Crippen LogP contribution is -2.11. The van der Waals surface area contributed by atoms with E-state index in [-0.39, 0.29) is 11.2 Å². The molecule has 96 valence electrons. The van der Waals surface area contributed by atoms with Gasteiger partial charge in [-0.3, -0.25) is 0 Å². The van der Waals surface area contributed by atoms with Gasteiger partial charge in [-0.05, 0) is 12.1 Å². The van der Waals surface area contributed by atoms with E-state index in [0.29, 0.717) is 16.3 Å². The topological polar surface area (TPSA) is 22.1 Å². The molecular formula is C14H16FNOS. The molecule has 0 saturated heterocycles. The molecule has 18 heavy (non-hydrogen) atoms. The molecule has 1 aromatic heterocycles. The molecule has 0 saturated carbocycles. The SMILES string of the molecule is COc1cccc(F)c1-c1nc(C(C)(C)C)cs1. The average molecular weight is 265 g/mol. The molecule has 0 aliphatic carbocycles. The van der Waals surface area contributed by atoms with E-state index >= 15 is 0 Å². The maximum Gasteiger partial charge on any atom is 0.137 e. The number of methoxy groups -OCH3 is 1. The van der Waals surface area contributed by atoms with Gasteiger partial charge in [0.05, 0.1) is 18.4 Å². The number of aromatic nitrogens is 1. The molecule has 0 aliphatic rings. The first kappa shape index (κ1) is 13.0. The highest BCUT2D eigenvalue weighted by atomic mass is 32.1. The maximum atomic E-state index is 13.9. The summed E-state index contributed by atoms with van der Waals surface area (Å²) >= 11 is 1.44. The summed E-state index contributed by atoms with van der Waals surface area (Å²) < 4.78 is 19.1. The first-order valence-electron chi connectivity index (χ1n) is 5.72. The lowest BCUT2D eigenvalue weighted by molar-refractivity contribution is 0.413. The van der Waals surface area contributed by atoms with Crippen LogP contribution in [0.2, 0.25) is 0 Å². The number of thiazole rings is 1.